The predicted molar refractivity (Wildman–Crippen MR) is 146 cm³/mol. The van der Waals surface area contributed by atoms with E-state index in [1.807, 2.05) is 0 Å². The van der Waals surface area contributed by atoms with E-state index in [9.17, 15) is 35.0 Å². The van der Waals surface area contributed by atoms with E-state index in [1.54, 1.807) is 0 Å². The van der Waals surface area contributed by atoms with Crippen LogP contribution in [-0.2, 0) is 30.5 Å². The first-order valence-corrected chi connectivity index (χ1v) is 14.3. The van der Waals surface area contributed by atoms with Crippen LogP contribution >= 0.6 is 0 Å². The van der Waals surface area contributed by atoms with Crippen LogP contribution in [0.2, 0.25) is 0 Å². The number of non-ortho nitro benzene ring substituents is 1. The Morgan fingerprint density at radius 3 is 1.93 bits per heavy atom. The highest BCUT2D eigenvalue weighted by Gasteiger charge is 2.53. The van der Waals surface area contributed by atoms with E-state index in [0.717, 1.165) is 19.3 Å². The van der Waals surface area contributed by atoms with Gasteiger partial charge in [0.2, 0.25) is 5.76 Å². The first-order valence-electron chi connectivity index (χ1n) is 14.3. The molecule has 0 fully saturated rings. The molecule has 2 rings (SSSR count). The van der Waals surface area contributed by atoms with Gasteiger partial charge in [-0.3, -0.25) is 15.0 Å². The zero-order valence-corrected chi connectivity index (χ0v) is 23.3. The highest BCUT2D eigenvalue weighted by Crippen LogP contribution is 2.34. The van der Waals surface area contributed by atoms with Gasteiger partial charge in [-0.15, -0.1) is 0 Å². The van der Waals surface area contributed by atoms with Gasteiger partial charge in [0, 0.05) is 25.0 Å². The molecule has 1 heterocycles. The fraction of sp³-hybridized carbons (Fsp3) is 0.655. The molecule has 0 saturated heterocycles. The molecule has 3 N–H and O–H groups in total. The standard InChI is InChI=1S/C29H43NO10/c1-2-3-4-5-6-7-8-9-10-11-12-13-14-15-24(32)39-40-29(21-31,27-25(33)26(34)28(35)38-27)20-22-16-18-23(19-17-22)30(36)37/h16-19,27,31,33-34H,2-15,20-21H2,1H3/t27-,29-/m0/s1. The molecular formula is C29H43NO10. The molecule has 11 nitrogen and oxygen atoms in total. The Kier molecular flexibility index (Phi) is 14.4. The molecule has 1 aliphatic heterocycles. The fourth-order valence-electron chi connectivity index (χ4n) is 4.67. The van der Waals surface area contributed by atoms with E-state index in [0.29, 0.717) is 12.0 Å². The molecular weight excluding hydrogens is 522 g/mol. The summed E-state index contributed by atoms with van der Waals surface area (Å²) >= 11 is 0. The summed E-state index contributed by atoms with van der Waals surface area (Å²) in [4.78, 5) is 44.8. The van der Waals surface area contributed by atoms with Crippen LogP contribution in [0.15, 0.2) is 35.8 Å². The van der Waals surface area contributed by atoms with Gasteiger partial charge in [0.15, 0.2) is 17.5 Å². The minimum atomic E-state index is -2.01. The van der Waals surface area contributed by atoms with E-state index < -0.39 is 46.7 Å². The normalized spacial score (nSPS) is 16.6. The average molecular weight is 566 g/mol. The molecule has 0 amide bonds. The molecule has 2 atom stereocenters. The van der Waals surface area contributed by atoms with Crippen molar-refractivity contribution in [3.63, 3.8) is 0 Å². The van der Waals surface area contributed by atoms with Crippen molar-refractivity contribution in [3.05, 3.63) is 51.5 Å². The van der Waals surface area contributed by atoms with Gasteiger partial charge in [-0.25, -0.2) is 9.59 Å². The lowest BCUT2D eigenvalue weighted by atomic mass is 9.88. The molecule has 0 bridgehead atoms. The summed E-state index contributed by atoms with van der Waals surface area (Å²) in [6.07, 6.45) is 13.2. The van der Waals surface area contributed by atoms with Crippen LogP contribution in [0.1, 0.15) is 102 Å². The largest absolute Gasteiger partial charge is 0.505 e. The summed E-state index contributed by atoms with van der Waals surface area (Å²) in [5, 5.41) is 41.2. The molecule has 11 heteroatoms. The lowest BCUT2D eigenvalue weighted by Crippen LogP contribution is -2.51. The first kappa shape index (κ1) is 33.0. The Bertz CT molecular complexity index is 978. The topological polar surface area (TPSA) is 166 Å². The molecule has 0 aromatic heterocycles. The van der Waals surface area contributed by atoms with Crippen LogP contribution in [0.3, 0.4) is 0 Å². The van der Waals surface area contributed by atoms with Crippen LogP contribution in [-0.4, -0.2) is 50.5 Å². The summed E-state index contributed by atoms with van der Waals surface area (Å²) in [5.41, 5.74) is -1.79. The molecule has 1 aliphatic rings. The summed E-state index contributed by atoms with van der Waals surface area (Å²) in [6.45, 7) is 1.34. The van der Waals surface area contributed by atoms with Gasteiger partial charge < -0.3 is 20.1 Å². The number of benzene rings is 1. The monoisotopic (exact) mass is 565 g/mol. The summed E-state index contributed by atoms with van der Waals surface area (Å²) in [6, 6.07) is 5.23. The van der Waals surface area contributed by atoms with Crippen molar-refractivity contribution in [2.75, 3.05) is 6.61 Å². The van der Waals surface area contributed by atoms with Gasteiger partial charge in [-0.2, -0.15) is 4.89 Å². The maximum atomic E-state index is 12.4. The van der Waals surface area contributed by atoms with Gasteiger partial charge in [0.05, 0.1) is 11.5 Å². The number of hydrogen-bond acceptors (Lipinski definition) is 10. The highest BCUT2D eigenvalue weighted by molar-refractivity contribution is 5.89. The Hall–Kier alpha value is -3.18. The Morgan fingerprint density at radius 2 is 1.48 bits per heavy atom. The molecule has 224 valence electrons. The van der Waals surface area contributed by atoms with Gasteiger partial charge >= 0.3 is 11.9 Å². The summed E-state index contributed by atoms with van der Waals surface area (Å²) in [7, 11) is 0. The quantitative estimate of drug-likeness (QED) is 0.0523. The lowest BCUT2D eigenvalue weighted by Gasteiger charge is -2.33. The van der Waals surface area contributed by atoms with E-state index in [4.69, 9.17) is 14.5 Å². The fourth-order valence-corrected chi connectivity index (χ4v) is 4.67. The van der Waals surface area contributed by atoms with Gasteiger partial charge in [-0.1, -0.05) is 96.1 Å². The van der Waals surface area contributed by atoms with E-state index in [2.05, 4.69) is 6.92 Å². The summed E-state index contributed by atoms with van der Waals surface area (Å²) < 4.78 is 4.99. The average Bonchev–Trinajstić information content (AvgIpc) is 3.21. The van der Waals surface area contributed by atoms with Gasteiger partial charge in [0.25, 0.3) is 5.69 Å². The van der Waals surface area contributed by atoms with E-state index in [1.165, 1.54) is 82.1 Å². The minimum absolute atomic E-state index is 0.0638. The molecule has 1 aromatic rings. The van der Waals surface area contributed by atoms with Crippen molar-refractivity contribution in [1.29, 1.82) is 0 Å². The van der Waals surface area contributed by atoms with Gasteiger partial charge in [-0.05, 0) is 12.0 Å². The number of nitro benzene ring substituents is 1. The second kappa shape index (κ2) is 17.5. The number of ether oxygens (including phenoxy) is 1. The minimum Gasteiger partial charge on any atom is -0.505 e. The van der Waals surface area contributed by atoms with Crippen molar-refractivity contribution in [2.24, 2.45) is 0 Å². The van der Waals surface area contributed by atoms with Crippen LogP contribution < -0.4 is 0 Å². The third kappa shape index (κ3) is 10.4. The maximum absolute atomic E-state index is 12.4. The number of hydrogen-bond donors (Lipinski definition) is 3. The second-order valence-electron chi connectivity index (χ2n) is 10.4. The van der Waals surface area contributed by atoms with Crippen LogP contribution in [0.4, 0.5) is 5.69 Å². The summed E-state index contributed by atoms with van der Waals surface area (Å²) in [5.74, 6) is -3.87. The number of nitrogens with zero attached hydrogens (tertiary/aromatic N) is 1. The number of nitro groups is 1. The number of esters is 1. The Labute approximate surface area is 235 Å². The van der Waals surface area contributed by atoms with E-state index >= 15 is 0 Å². The molecule has 1 aromatic carbocycles. The van der Waals surface area contributed by atoms with Gasteiger partial charge in [0.1, 0.15) is 0 Å². The van der Waals surface area contributed by atoms with Crippen molar-refractivity contribution < 1.29 is 44.3 Å². The smallest absolute Gasteiger partial charge is 0.378 e. The molecule has 40 heavy (non-hydrogen) atoms. The number of aliphatic hydroxyl groups is 3. The molecule has 0 spiro atoms. The maximum Gasteiger partial charge on any atom is 0.378 e. The number of carbonyl (C=O) groups is 2. The third-order valence-corrected chi connectivity index (χ3v) is 7.09. The Balaban J connectivity index is 1.81. The SMILES string of the molecule is CCCCCCCCCCCCCCCC(=O)OO[C@](CO)(Cc1ccc([N+](=O)[O-])cc1)[C@H]1OC(=O)C(O)=C1O. The number of carbonyl (C=O) groups excluding carboxylic acids is 2. The highest BCUT2D eigenvalue weighted by atomic mass is 17.2. The zero-order valence-electron chi connectivity index (χ0n) is 23.3. The number of rotatable bonds is 21. The van der Waals surface area contributed by atoms with Crippen LogP contribution in [0.25, 0.3) is 0 Å². The second-order valence-corrected chi connectivity index (χ2v) is 10.4. The van der Waals surface area contributed by atoms with Crippen LogP contribution in [0.5, 0.6) is 0 Å². The lowest BCUT2D eigenvalue weighted by molar-refractivity contribution is -0.384. The van der Waals surface area contributed by atoms with Crippen LogP contribution in [0, 0.1) is 10.1 Å². The predicted octanol–water partition coefficient (Wildman–Crippen LogP) is 6.08. The molecule has 0 radical (unpaired) electrons. The number of unbranched alkanes of at least 4 members (excludes halogenated alkanes) is 12. The molecule has 0 aliphatic carbocycles. The number of cyclic esters (lactones) is 1. The van der Waals surface area contributed by atoms with Crippen molar-refractivity contribution in [1.82, 2.24) is 0 Å². The van der Waals surface area contributed by atoms with E-state index in [-0.39, 0.29) is 18.5 Å². The molecule has 0 saturated carbocycles. The zero-order chi connectivity index (χ0) is 29.4. The third-order valence-electron chi connectivity index (χ3n) is 7.09. The van der Waals surface area contributed by atoms with Crippen molar-refractivity contribution in [3.8, 4) is 0 Å². The molecule has 0 unspecified atom stereocenters. The Morgan fingerprint density at radius 1 is 0.950 bits per heavy atom. The number of aliphatic hydroxyl groups excluding tert-OH is 3. The van der Waals surface area contributed by atoms with Crippen molar-refractivity contribution in [2.45, 2.75) is 115 Å². The first-order chi connectivity index (χ1) is 19.2. The van der Waals surface area contributed by atoms with Crippen molar-refractivity contribution >= 4 is 17.6 Å².